The number of hydrogen-bond donors (Lipinski definition) is 3. The molecule has 0 radical (unpaired) electrons. The van der Waals surface area contributed by atoms with Crippen molar-refractivity contribution >= 4 is 35.0 Å². The highest BCUT2D eigenvalue weighted by Gasteiger charge is 2.15. The second-order valence-corrected chi connectivity index (χ2v) is 7.11. The minimum absolute atomic E-state index is 0.0441. The second kappa shape index (κ2) is 10.3. The molecule has 1 amide bonds. The molecule has 3 rings (SSSR count). The molecule has 0 aliphatic rings. The number of hydrogen-bond acceptors (Lipinski definition) is 7. The third-order valence-electron chi connectivity index (χ3n) is 4.24. The van der Waals surface area contributed by atoms with Crippen molar-refractivity contribution in [3.8, 4) is 0 Å². The fourth-order valence-corrected chi connectivity index (χ4v) is 2.81. The number of nitrogens with zero attached hydrogens (tertiary/aromatic N) is 2. The van der Waals surface area contributed by atoms with Gasteiger partial charge in [0.1, 0.15) is 0 Å². The summed E-state index contributed by atoms with van der Waals surface area (Å²) in [6.07, 6.45) is 1.03. The van der Waals surface area contributed by atoms with Gasteiger partial charge >= 0.3 is 5.97 Å². The molecule has 3 N–H and O–H groups in total. The Balaban J connectivity index is 1.79. The fraction of sp³-hybridized carbons (Fsp3) is 0.217. The van der Waals surface area contributed by atoms with Crippen molar-refractivity contribution in [2.75, 3.05) is 17.2 Å². The summed E-state index contributed by atoms with van der Waals surface area (Å²) in [6, 6.07) is 13.3. The van der Waals surface area contributed by atoms with E-state index in [1.54, 1.807) is 55.5 Å². The number of amides is 1. The molecule has 0 fully saturated rings. The minimum Gasteiger partial charge on any atom is -0.462 e. The van der Waals surface area contributed by atoms with E-state index in [-0.39, 0.29) is 23.7 Å². The predicted octanol–water partition coefficient (Wildman–Crippen LogP) is 4.42. The van der Waals surface area contributed by atoms with Gasteiger partial charge in [-0.25, -0.2) is 14.2 Å². The van der Waals surface area contributed by atoms with Crippen LogP contribution in [0.5, 0.6) is 0 Å². The number of anilines is 4. The van der Waals surface area contributed by atoms with E-state index in [1.807, 2.05) is 13.8 Å². The van der Waals surface area contributed by atoms with Gasteiger partial charge in [0.15, 0.2) is 11.6 Å². The average molecular weight is 437 g/mol. The maximum atomic E-state index is 14.4. The lowest BCUT2D eigenvalue weighted by Gasteiger charge is -2.14. The highest BCUT2D eigenvalue weighted by Crippen LogP contribution is 2.23. The summed E-state index contributed by atoms with van der Waals surface area (Å²) >= 11 is 0. The van der Waals surface area contributed by atoms with Crippen LogP contribution < -0.4 is 16.0 Å². The Hall–Kier alpha value is -4.01. The SMILES string of the molecule is CCOC(=O)c1ccc(Nc2ncc(F)c(Nc3ccccc3C(=O)NC(C)C)n2)cc1. The van der Waals surface area contributed by atoms with E-state index < -0.39 is 11.8 Å². The van der Waals surface area contributed by atoms with E-state index in [1.165, 1.54) is 0 Å². The number of aromatic nitrogens is 2. The molecule has 0 saturated carbocycles. The van der Waals surface area contributed by atoms with Crippen LogP contribution in [0.15, 0.2) is 54.7 Å². The van der Waals surface area contributed by atoms with Crippen LogP contribution in [-0.4, -0.2) is 34.5 Å². The maximum Gasteiger partial charge on any atom is 0.338 e. The summed E-state index contributed by atoms with van der Waals surface area (Å²) < 4.78 is 19.3. The molecule has 0 aliphatic heterocycles. The van der Waals surface area contributed by atoms with E-state index in [0.717, 1.165) is 6.20 Å². The van der Waals surface area contributed by atoms with Crippen molar-refractivity contribution in [2.24, 2.45) is 0 Å². The highest BCUT2D eigenvalue weighted by molar-refractivity contribution is 6.00. The maximum absolute atomic E-state index is 14.4. The average Bonchev–Trinajstić information content (AvgIpc) is 2.76. The standard InChI is InChI=1S/C23H24FN5O3/c1-4-32-22(31)15-9-11-16(12-10-15)27-23-25-13-18(24)20(29-23)28-19-8-6-5-7-17(19)21(30)26-14(2)3/h5-14H,4H2,1-3H3,(H,26,30)(H2,25,27,28,29). The third kappa shape index (κ3) is 5.78. The van der Waals surface area contributed by atoms with Crippen molar-refractivity contribution in [2.45, 2.75) is 26.8 Å². The molecule has 0 aliphatic carbocycles. The van der Waals surface area contributed by atoms with Crippen LogP contribution in [0.2, 0.25) is 0 Å². The van der Waals surface area contributed by atoms with Crippen LogP contribution in [0.1, 0.15) is 41.5 Å². The quantitative estimate of drug-likeness (QED) is 0.448. The molecule has 9 heteroatoms. The molecule has 2 aromatic carbocycles. The molecular weight excluding hydrogens is 413 g/mol. The van der Waals surface area contributed by atoms with Crippen LogP contribution in [0, 0.1) is 5.82 Å². The van der Waals surface area contributed by atoms with E-state index in [2.05, 4.69) is 25.9 Å². The lowest BCUT2D eigenvalue weighted by Crippen LogP contribution is -2.30. The number of esters is 1. The van der Waals surface area contributed by atoms with E-state index >= 15 is 0 Å². The molecule has 0 saturated heterocycles. The number of rotatable bonds is 8. The largest absolute Gasteiger partial charge is 0.462 e. The number of nitrogens with one attached hydrogen (secondary N) is 3. The smallest absolute Gasteiger partial charge is 0.338 e. The zero-order chi connectivity index (χ0) is 23.1. The van der Waals surface area contributed by atoms with Crippen LogP contribution >= 0.6 is 0 Å². The minimum atomic E-state index is -0.674. The Morgan fingerprint density at radius 1 is 1.06 bits per heavy atom. The topological polar surface area (TPSA) is 105 Å². The molecule has 0 unspecified atom stereocenters. The summed E-state index contributed by atoms with van der Waals surface area (Å²) in [5, 5.41) is 8.64. The zero-order valence-electron chi connectivity index (χ0n) is 18.0. The Kier molecular flexibility index (Phi) is 7.33. The third-order valence-corrected chi connectivity index (χ3v) is 4.24. The summed E-state index contributed by atoms with van der Waals surface area (Å²) in [5.41, 5.74) is 1.79. The zero-order valence-corrected chi connectivity index (χ0v) is 18.0. The second-order valence-electron chi connectivity index (χ2n) is 7.11. The molecule has 32 heavy (non-hydrogen) atoms. The van der Waals surface area contributed by atoms with Crippen molar-refractivity contribution < 1.29 is 18.7 Å². The number of para-hydroxylation sites is 1. The molecular formula is C23H24FN5O3. The Morgan fingerprint density at radius 2 is 1.78 bits per heavy atom. The normalized spacial score (nSPS) is 10.5. The first-order chi connectivity index (χ1) is 15.4. The van der Waals surface area contributed by atoms with Crippen molar-refractivity contribution in [1.82, 2.24) is 15.3 Å². The lowest BCUT2D eigenvalue weighted by atomic mass is 10.1. The van der Waals surface area contributed by atoms with Gasteiger partial charge in [-0.05, 0) is 57.2 Å². The van der Waals surface area contributed by atoms with Gasteiger partial charge in [0.05, 0.1) is 29.6 Å². The van der Waals surface area contributed by atoms with E-state index in [9.17, 15) is 14.0 Å². The summed E-state index contributed by atoms with van der Waals surface area (Å²) in [5.74, 6) is -1.31. The first kappa shape index (κ1) is 22.7. The summed E-state index contributed by atoms with van der Waals surface area (Å²) in [6.45, 7) is 5.74. The summed E-state index contributed by atoms with van der Waals surface area (Å²) in [7, 11) is 0. The molecule has 0 spiro atoms. The first-order valence-corrected chi connectivity index (χ1v) is 10.1. The first-order valence-electron chi connectivity index (χ1n) is 10.1. The van der Waals surface area contributed by atoms with Gasteiger partial charge < -0.3 is 20.7 Å². The Morgan fingerprint density at radius 3 is 2.47 bits per heavy atom. The number of halogens is 1. The molecule has 0 bridgehead atoms. The van der Waals surface area contributed by atoms with Crippen molar-refractivity contribution in [1.29, 1.82) is 0 Å². The van der Waals surface area contributed by atoms with Gasteiger partial charge in [-0.3, -0.25) is 4.79 Å². The lowest BCUT2D eigenvalue weighted by molar-refractivity contribution is 0.0526. The van der Waals surface area contributed by atoms with Gasteiger partial charge in [0, 0.05) is 11.7 Å². The number of carbonyl (C=O) groups excluding carboxylic acids is 2. The number of ether oxygens (including phenoxy) is 1. The van der Waals surface area contributed by atoms with Gasteiger partial charge in [0.2, 0.25) is 5.95 Å². The number of benzene rings is 2. The van der Waals surface area contributed by atoms with E-state index in [0.29, 0.717) is 29.1 Å². The fourth-order valence-electron chi connectivity index (χ4n) is 2.81. The number of carbonyl (C=O) groups is 2. The van der Waals surface area contributed by atoms with Crippen LogP contribution in [0.3, 0.4) is 0 Å². The Bertz CT molecular complexity index is 1100. The molecule has 1 aromatic heterocycles. The summed E-state index contributed by atoms with van der Waals surface area (Å²) in [4.78, 5) is 32.3. The molecule has 166 valence electrons. The van der Waals surface area contributed by atoms with Gasteiger partial charge in [-0.2, -0.15) is 4.98 Å². The monoisotopic (exact) mass is 437 g/mol. The van der Waals surface area contributed by atoms with Crippen molar-refractivity contribution in [3.05, 3.63) is 71.7 Å². The molecule has 8 nitrogen and oxygen atoms in total. The molecule has 0 atom stereocenters. The van der Waals surface area contributed by atoms with Crippen molar-refractivity contribution in [3.63, 3.8) is 0 Å². The van der Waals surface area contributed by atoms with Crippen LogP contribution in [-0.2, 0) is 4.74 Å². The van der Waals surface area contributed by atoms with E-state index in [4.69, 9.17) is 4.74 Å². The van der Waals surface area contributed by atoms with Gasteiger partial charge in [-0.15, -0.1) is 0 Å². The predicted molar refractivity (Wildman–Crippen MR) is 120 cm³/mol. The Labute approximate surface area is 185 Å². The van der Waals surface area contributed by atoms with Gasteiger partial charge in [-0.1, -0.05) is 12.1 Å². The highest BCUT2D eigenvalue weighted by atomic mass is 19.1. The molecule has 1 heterocycles. The van der Waals surface area contributed by atoms with Crippen LogP contribution in [0.4, 0.5) is 27.5 Å². The van der Waals surface area contributed by atoms with Crippen LogP contribution in [0.25, 0.3) is 0 Å². The van der Waals surface area contributed by atoms with Gasteiger partial charge in [0.25, 0.3) is 5.91 Å². The molecule has 3 aromatic rings.